The second kappa shape index (κ2) is 17.1. The highest BCUT2D eigenvalue weighted by molar-refractivity contribution is 5.86. The van der Waals surface area contributed by atoms with Crippen LogP contribution >= 0.6 is 0 Å². The summed E-state index contributed by atoms with van der Waals surface area (Å²) in [5.74, 6) is 0.785. The van der Waals surface area contributed by atoms with Crippen molar-refractivity contribution in [3.63, 3.8) is 0 Å². The SMILES string of the molecule is CCCCCCOC(=O)N[C@@H](CC1CCCCC1)C(=O)N[C@H](CO)CCC(=O)N1CCOc2cc(C)ccc2C1. The predicted octanol–water partition coefficient (Wildman–Crippen LogP) is 4.62. The summed E-state index contributed by atoms with van der Waals surface area (Å²) in [7, 11) is 0. The third kappa shape index (κ3) is 10.6. The van der Waals surface area contributed by atoms with Gasteiger partial charge < -0.3 is 30.1 Å². The Morgan fingerprint density at radius 3 is 2.67 bits per heavy atom. The van der Waals surface area contributed by atoms with Crippen LogP contribution in [0.3, 0.4) is 0 Å². The molecule has 1 fully saturated rings. The third-order valence-electron chi connectivity index (χ3n) is 7.96. The van der Waals surface area contributed by atoms with Crippen molar-refractivity contribution in [2.75, 3.05) is 26.4 Å². The highest BCUT2D eigenvalue weighted by Crippen LogP contribution is 2.28. The Balaban J connectivity index is 1.52. The second-order valence-corrected chi connectivity index (χ2v) is 11.3. The molecule has 1 saturated carbocycles. The topological polar surface area (TPSA) is 117 Å². The van der Waals surface area contributed by atoms with Crippen molar-refractivity contribution in [3.05, 3.63) is 29.3 Å². The monoisotopic (exact) mass is 559 g/mol. The molecule has 2 aliphatic rings. The van der Waals surface area contributed by atoms with Crippen LogP contribution in [0.5, 0.6) is 5.75 Å². The number of aliphatic hydroxyl groups is 1. The highest BCUT2D eigenvalue weighted by atomic mass is 16.5. The van der Waals surface area contributed by atoms with E-state index in [1.54, 1.807) is 4.90 Å². The fourth-order valence-corrected chi connectivity index (χ4v) is 5.52. The van der Waals surface area contributed by atoms with Gasteiger partial charge in [0.15, 0.2) is 0 Å². The minimum absolute atomic E-state index is 0.0479. The minimum atomic E-state index is -0.737. The minimum Gasteiger partial charge on any atom is -0.491 e. The lowest BCUT2D eigenvalue weighted by atomic mass is 9.84. The smallest absolute Gasteiger partial charge is 0.407 e. The highest BCUT2D eigenvalue weighted by Gasteiger charge is 2.28. The van der Waals surface area contributed by atoms with E-state index in [-0.39, 0.29) is 24.8 Å². The number of rotatable bonds is 14. The lowest BCUT2D eigenvalue weighted by Crippen LogP contribution is -2.51. The molecule has 0 spiro atoms. The molecule has 9 heteroatoms. The number of carbonyl (C=O) groups excluding carboxylic acids is 3. The lowest BCUT2D eigenvalue weighted by molar-refractivity contribution is -0.132. The average molecular weight is 560 g/mol. The number of ether oxygens (including phenoxy) is 2. The Kier molecular flexibility index (Phi) is 13.6. The van der Waals surface area contributed by atoms with Gasteiger partial charge >= 0.3 is 6.09 Å². The molecule has 224 valence electrons. The molecule has 0 radical (unpaired) electrons. The molecule has 0 saturated heterocycles. The number of nitrogens with one attached hydrogen (secondary N) is 2. The fourth-order valence-electron chi connectivity index (χ4n) is 5.52. The van der Waals surface area contributed by atoms with E-state index in [1.807, 2.05) is 25.1 Å². The van der Waals surface area contributed by atoms with Crippen LogP contribution in [0.4, 0.5) is 4.79 Å². The summed E-state index contributed by atoms with van der Waals surface area (Å²) in [4.78, 5) is 40.6. The molecule has 3 rings (SSSR count). The molecule has 1 aromatic rings. The summed E-state index contributed by atoms with van der Waals surface area (Å²) in [6.45, 7) is 5.55. The van der Waals surface area contributed by atoms with E-state index in [2.05, 4.69) is 17.6 Å². The molecule has 40 heavy (non-hydrogen) atoms. The van der Waals surface area contributed by atoms with Gasteiger partial charge in [-0.1, -0.05) is 70.4 Å². The average Bonchev–Trinajstić information content (AvgIpc) is 3.17. The molecule has 3 amide bonds. The second-order valence-electron chi connectivity index (χ2n) is 11.3. The van der Waals surface area contributed by atoms with E-state index in [0.717, 1.165) is 68.2 Å². The van der Waals surface area contributed by atoms with Crippen LogP contribution in [0.15, 0.2) is 18.2 Å². The predicted molar refractivity (Wildman–Crippen MR) is 154 cm³/mol. The lowest BCUT2D eigenvalue weighted by Gasteiger charge is -2.28. The molecule has 1 aliphatic carbocycles. The van der Waals surface area contributed by atoms with Crippen LogP contribution in [-0.2, 0) is 20.9 Å². The van der Waals surface area contributed by atoms with Gasteiger partial charge in [-0.2, -0.15) is 0 Å². The van der Waals surface area contributed by atoms with Crippen LogP contribution in [0, 0.1) is 12.8 Å². The van der Waals surface area contributed by atoms with Gasteiger partial charge in [-0.05, 0) is 43.7 Å². The van der Waals surface area contributed by atoms with E-state index >= 15 is 0 Å². The van der Waals surface area contributed by atoms with Crippen molar-refractivity contribution in [1.82, 2.24) is 15.5 Å². The zero-order valence-corrected chi connectivity index (χ0v) is 24.4. The van der Waals surface area contributed by atoms with E-state index in [0.29, 0.717) is 45.1 Å². The number of amides is 3. The number of hydrogen-bond acceptors (Lipinski definition) is 6. The number of carbonyl (C=O) groups is 3. The molecule has 3 N–H and O–H groups in total. The first-order valence-electron chi connectivity index (χ1n) is 15.2. The Labute approximate surface area is 239 Å². The summed E-state index contributed by atoms with van der Waals surface area (Å²) >= 11 is 0. The molecule has 9 nitrogen and oxygen atoms in total. The van der Waals surface area contributed by atoms with Crippen molar-refractivity contribution in [2.45, 2.75) is 110 Å². The number of benzene rings is 1. The number of hydrogen-bond donors (Lipinski definition) is 3. The number of alkyl carbamates (subject to hydrolysis) is 1. The summed E-state index contributed by atoms with van der Waals surface area (Å²) in [5, 5.41) is 15.7. The van der Waals surface area contributed by atoms with Gasteiger partial charge in [0.2, 0.25) is 11.8 Å². The zero-order valence-electron chi connectivity index (χ0n) is 24.4. The number of nitrogens with zero attached hydrogens (tertiary/aromatic N) is 1. The normalized spacial score (nSPS) is 17.1. The van der Waals surface area contributed by atoms with E-state index in [4.69, 9.17) is 9.47 Å². The van der Waals surface area contributed by atoms with Crippen molar-refractivity contribution in [2.24, 2.45) is 5.92 Å². The Morgan fingerprint density at radius 2 is 1.93 bits per heavy atom. The summed E-state index contributed by atoms with van der Waals surface area (Å²) in [6, 6.07) is 4.66. The van der Waals surface area contributed by atoms with E-state index in [9.17, 15) is 19.5 Å². The van der Waals surface area contributed by atoms with Gasteiger partial charge in [0.1, 0.15) is 18.4 Å². The molecule has 0 bridgehead atoms. The molecule has 1 heterocycles. The first kappa shape index (κ1) is 31.7. The van der Waals surface area contributed by atoms with Gasteiger partial charge in [0.05, 0.1) is 25.8 Å². The standard InChI is InChI=1S/C31H49N3O6/c1-3-4-5-9-17-40-31(38)33-27(20-24-10-7-6-8-11-24)30(37)32-26(22-35)14-15-29(36)34-16-18-39-28-19-23(2)12-13-25(28)21-34/h12-13,19,24,26-27,35H,3-11,14-18,20-22H2,1-2H3,(H,32,37)(H,33,38)/t26-,27-/m0/s1. The Morgan fingerprint density at radius 1 is 1.12 bits per heavy atom. The quantitative estimate of drug-likeness (QED) is 0.287. The third-order valence-corrected chi connectivity index (χ3v) is 7.96. The van der Waals surface area contributed by atoms with Gasteiger partial charge in [0, 0.05) is 18.5 Å². The molecule has 0 aromatic heterocycles. The zero-order chi connectivity index (χ0) is 28.7. The van der Waals surface area contributed by atoms with Gasteiger partial charge in [-0.15, -0.1) is 0 Å². The largest absolute Gasteiger partial charge is 0.491 e. The number of fused-ring (bicyclic) bond motifs is 1. The fraction of sp³-hybridized carbons (Fsp3) is 0.710. The van der Waals surface area contributed by atoms with Gasteiger partial charge in [-0.3, -0.25) is 9.59 Å². The first-order valence-corrected chi connectivity index (χ1v) is 15.2. The summed E-state index contributed by atoms with van der Waals surface area (Å²) in [5.41, 5.74) is 2.08. The van der Waals surface area contributed by atoms with Crippen LogP contribution in [0.25, 0.3) is 0 Å². The van der Waals surface area contributed by atoms with Crippen molar-refractivity contribution >= 4 is 17.9 Å². The number of aliphatic hydroxyl groups excluding tert-OH is 1. The van der Waals surface area contributed by atoms with Crippen LogP contribution < -0.4 is 15.4 Å². The molecule has 1 aliphatic heterocycles. The van der Waals surface area contributed by atoms with Gasteiger partial charge in [-0.25, -0.2) is 4.79 Å². The number of aryl methyl sites for hydroxylation is 1. The molecule has 0 unspecified atom stereocenters. The Bertz CT molecular complexity index is 949. The molecular formula is C31H49N3O6. The molecule has 1 aromatic carbocycles. The maximum Gasteiger partial charge on any atom is 0.407 e. The van der Waals surface area contributed by atoms with Crippen molar-refractivity contribution in [1.29, 1.82) is 0 Å². The van der Waals surface area contributed by atoms with Crippen LogP contribution in [-0.4, -0.2) is 66.4 Å². The van der Waals surface area contributed by atoms with Crippen LogP contribution in [0.1, 0.15) is 95.1 Å². The van der Waals surface area contributed by atoms with Crippen molar-refractivity contribution in [3.8, 4) is 5.75 Å². The maximum absolute atomic E-state index is 13.3. The molecular weight excluding hydrogens is 510 g/mol. The van der Waals surface area contributed by atoms with Crippen molar-refractivity contribution < 1.29 is 29.0 Å². The van der Waals surface area contributed by atoms with E-state index in [1.165, 1.54) is 6.42 Å². The van der Waals surface area contributed by atoms with Crippen LogP contribution in [0.2, 0.25) is 0 Å². The van der Waals surface area contributed by atoms with Gasteiger partial charge in [0.25, 0.3) is 0 Å². The van der Waals surface area contributed by atoms with E-state index < -0.39 is 18.2 Å². The summed E-state index contributed by atoms with van der Waals surface area (Å²) in [6.07, 6.45) is 10.0. The first-order chi connectivity index (χ1) is 19.4. The Hall–Kier alpha value is -2.81. The maximum atomic E-state index is 13.3. The molecule has 2 atom stereocenters. The number of unbranched alkanes of at least 4 members (excludes halogenated alkanes) is 3. The summed E-state index contributed by atoms with van der Waals surface area (Å²) < 4.78 is 11.2.